The van der Waals surface area contributed by atoms with Crippen LogP contribution in [0.5, 0.6) is 0 Å². The van der Waals surface area contributed by atoms with E-state index in [-0.39, 0.29) is 6.04 Å². The lowest BCUT2D eigenvalue weighted by atomic mass is 10.2. The molecule has 0 aromatic rings. The number of hydrogen-bond acceptors (Lipinski definition) is 2. The highest BCUT2D eigenvalue weighted by atomic mass is 31.2. The van der Waals surface area contributed by atoms with Gasteiger partial charge in [-0.1, -0.05) is 0 Å². The van der Waals surface area contributed by atoms with Crippen LogP contribution in [-0.4, -0.2) is 44.3 Å². The summed E-state index contributed by atoms with van der Waals surface area (Å²) in [7, 11) is -4.28. The molecule has 14 heavy (non-hydrogen) atoms. The van der Waals surface area contributed by atoms with E-state index in [4.69, 9.17) is 14.9 Å². The third-order valence-corrected chi connectivity index (χ3v) is 3.71. The summed E-state index contributed by atoms with van der Waals surface area (Å²) in [6.07, 6.45) is -0.332. The highest BCUT2D eigenvalue weighted by molar-refractivity contribution is 7.51. The minimum absolute atomic E-state index is 0.222. The van der Waals surface area contributed by atoms with Gasteiger partial charge < -0.3 is 14.9 Å². The molecule has 2 atom stereocenters. The Balaban J connectivity index is 2.94. The summed E-state index contributed by atoms with van der Waals surface area (Å²) in [5.41, 5.74) is 0. The first-order valence-corrected chi connectivity index (χ1v) is 6.22. The van der Waals surface area contributed by atoms with Crippen LogP contribution in [0.2, 0.25) is 0 Å². The maximum absolute atomic E-state index is 11.0. The number of hydrogen-bond donors (Lipinski definition) is 3. The molecule has 0 radical (unpaired) electrons. The molecule has 0 saturated carbocycles. The molecular formula is C7H15NO5P+. The summed E-state index contributed by atoms with van der Waals surface area (Å²) in [4.78, 5) is 28.7. The van der Waals surface area contributed by atoms with Crippen molar-refractivity contribution in [3.8, 4) is 0 Å². The van der Waals surface area contributed by atoms with Crippen molar-refractivity contribution in [3.05, 3.63) is 0 Å². The number of likely N-dealkylation sites (tertiary alicyclic amines) is 1. The van der Waals surface area contributed by atoms with E-state index >= 15 is 0 Å². The first kappa shape index (κ1) is 11.7. The lowest BCUT2D eigenvalue weighted by Gasteiger charge is -2.32. The first-order chi connectivity index (χ1) is 6.28. The summed E-state index contributed by atoms with van der Waals surface area (Å²) in [5.74, 6) is 0. The van der Waals surface area contributed by atoms with Crippen LogP contribution in [0.1, 0.15) is 19.8 Å². The maximum atomic E-state index is 11.0. The van der Waals surface area contributed by atoms with Gasteiger partial charge in [-0.15, -0.1) is 0 Å². The number of quaternary nitrogens is 1. The molecule has 1 amide bonds. The van der Waals surface area contributed by atoms with E-state index in [0.29, 0.717) is 19.4 Å². The Morgan fingerprint density at radius 3 is 2.43 bits per heavy atom. The van der Waals surface area contributed by atoms with Gasteiger partial charge in [-0.05, 0) is 6.92 Å². The van der Waals surface area contributed by atoms with Gasteiger partial charge in [0.15, 0.2) is 6.29 Å². The molecule has 0 aromatic carbocycles. The molecule has 82 valence electrons. The van der Waals surface area contributed by atoms with Crippen LogP contribution in [0.15, 0.2) is 0 Å². The van der Waals surface area contributed by atoms with Crippen molar-refractivity contribution >= 4 is 13.7 Å². The lowest BCUT2D eigenvalue weighted by molar-refractivity contribution is -0.856. The van der Waals surface area contributed by atoms with Crippen molar-refractivity contribution in [1.82, 2.24) is 0 Å². The molecule has 3 N–H and O–H groups in total. The van der Waals surface area contributed by atoms with E-state index in [0.717, 1.165) is 0 Å². The zero-order valence-electron chi connectivity index (χ0n) is 7.96. The molecule has 1 rings (SSSR count). The van der Waals surface area contributed by atoms with Gasteiger partial charge in [-0.3, -0.25) is 4.57 Å². The minimum Gasteiger partial charge on any atom is -0.435 e. The molecule has 0 aliphatic carbocycles. The summed E-state index contributed by atoms with van der Waals surface area (Å²) in [5, 5.41) is 9.03. The number of nitrogens with zero attached hydrogens (tertiary/aromatic N) is 1. The van der Waals surface area contributed by atoms with Crippen LogP contribution in [0.3, 0.4) is 0 Å². The standard InChI is InChI=1S/C7H14NO5P/c1-6-3-2-4-8(6,7(9)10)5-14(11,12)13/h6H,2-5H2,1H3,(H2-,9,10,11,12,13)/p+1/t6-,8?/m1/s1. The molecular weight excluding hydrogens is 209 g/mol. The van der Waals surface area contributed by atoms with Crippen molar-refractivity contribution in [3.63, 3.8) is 0 Å². The highest BCUT2D eigenvalue weighted by Crippen LogP contribution is 2.42. The molecule has 0 aromatic heterocycles. The first-order valence-electron chi connectivity index (χ1n) is 4.43. The topological polar surface area (TPSA) is 94.8 Å². The monoisotopic (exact) mass is 224 g/mol. The molecule has 1 saturated heterocycles. The Morgan fingerprint density at radius 1 is 1.57 bits per heavy atom. The number of amides is 1. The van der Waals surface area contributed by atoms with Crippen molar-refractivity contribution in [1.29, 1.82) is 0 Å². The number of carbonyl (C=O) groups is 1. The van der Waals surface area contributed by atoms with E-state index < -0.39 is 24.5 Å². The molecule has 1 aliphatic rings. The van der Waals surface area contributed by atoms with Crippen LogP contribution in [-0.2, 0) is 4.57 Å². The van der Waals surface area contributed by atoms with E-state index in [1.165, 1.54) is 0 Å². The largest absolute Gasteiger partial charge is 0.514 e. The predicted octanol–water partition coefficient (Wildman–Crippen LogP) is 0.799. The van der Waals surface area contributed by atoms with Gasteiger partial charge in [0.1, 0.15) is 0 Å². The van der Waals surface area contributed by atoms with Crippen LogP contribution < -0.4 is 0 Å². The molecule has 1 heterocycles. The second kappa shape index (κ2) is 3.62. The van der Waals surface area contributed by atoms with Crippen LogP contribution in [0.25, 0.3) is 0 Å². The Kier molecular flexibility index (Phi) is 3.02. The summed E-state index contributed by atoms with van der Waals surface area (Å²) in [6.45, 7) is 2.03. The summed E-state index contributed by atoms with van der Waals surface area (Å²) in [6, 6.07) is -0.222. The zero-order chi connectivity index (χ0) is 11.0. The third kappa shape index (κ3) is 2.15. The molecule has 0 bridgehead atoms. The fraction of sp³-hybridized carbons (Fsp3) is 0.857. The van der Waals surface area contributed by atoms with Gasteiger partial charge in [0.2, 0.25) is 0 Å². The molecule has 0 spiro atoms. The average Bonchev–Trinajstić information content (AvgIpc) is 2.30. The van der Waals surface area contributed by atoms with Crippen molar-refractivity contribution in [2.45, 2.75) is 25.8 Å². The Bertz CT molecular complexity index is 288. The fourth-order valence-corrected chi connectivity index (χ4v) is 3.22. The van der Waals surface area contributed by atoms with Crippen molar-refractivity contribution in [2.75, 3.05) is 12.8 Å². The summed E-state index contributed by atoms with van der Waals surface area (Å²) < 4.78 is 10.4. The zero-order valence-corrected chi connectivity index (χ0v) is 8.85. The second-order valence-electron chi connectivity index (χ2n) is 3.84. The molecule has 1 aliphatic heterocycles. The van der Waals surface area contributed by atoms with E-state index in [2.05, 4.69) is 0 Å². The smallest absolute Gasteiger partial charge is 0.435 e. The molecule has 1 fully saturated rings. The normalized spacial score (nSPS) is 33.2. The SMILES string of the molecule is C[C@@H]1CCC[N+]1(CP(=O)(O)O)C(=O)O. The average molecular weight is 224 g/mol. The van der Waals surface area contributed by atoms with Crippen molar-refractivity contribution < 1.29 is 28.7 Å². The quantitative estimate of drug-likeness (QED) is 0.476. The van der Waals surface area contributed by atoms with Crippen molar-refractivity contribution in [2.24, 2.45) is 0 Å². The van der Waals surface area contributed by atoms with E-state index in [1.54, 1.807) is 6.92 Å². The molecule has 1 unspecified atom stereocenters. The minimum atomic E-state index is -4.28. The number of rotatable bonds is 2. The second-order valence-corrected chi connectivity index (χ2v) is 5.45. The van der Waals surface area contributed by atoms with E-state index in [9.17, 15) is 9.36 Å². The van der Waals surface area contributed by atoms with Gasteiger partial charge in [0.05, 0.1) is 12.6 Å². The lowest BCUT2D eigenvalue weighted by Crippen LogP contribution is -2.54. The Labute approximate surface area is 81.9 Å². The van der Waals surface area contributed by atoms with Gasteiger partial charge in [-0.2, -0.15) is 4.79 Å². The van der Waals surface area contributed by atoms with Crippen LogP contribution >= 0.6 is 7.60 Å². The Morgan fingerprint density at radius 2 is 2.14 bits per heavy atom. The number of carboxylic acid groups (broad SMARTS) is 1. The Hall–Kier alpha value is -0.420. The highest BCUT2D eigenvalue weighted by Gasteiger charge is 2.50. The fourth-order valence-electron chi connectivity index (χ4n) is 2.02. The van der Waals surface area contributed by atoms with Gasteiger partial charge in [0, 0.05) is 12.8 Å². The predicted molar refractivity (Wildman–Crippen MR) is 48.8 cm³/mol. The van der Waals surface area contributed by atoms with E-state index in [1.807, 2.05) is 0 Å². The summed E-state index contributed by atoms with van der Waals surface area (Å²) >= 11 is 0. The third-order valence-electron chi connectivity index (χ3n) is 2.84. The van der Waals surface area contributed by atoms with Gasteiger partial charge in [-0.25, -0.2) is 4.48 Å². The molecule has 7 heteroatoms. The maximum Gasteiger partial charge on any atom is 0.514 e. The van der Waals surface area contributed by atoms with Gasteiger partial charge >= 0.3 is 13.7 Å². The molecule has 6 nitrogen and oxygen atoms in total. The van der Waals surface area contributed by atoms with Crippen LogP contribution in [0.4, 0.5) is 4.79 Å². The van der Waals surface area contributed by atoms with Gasteiger partial charge in [0.25, 0.3) is 0 Å². The van der Waals surface area contributed by atoms with Crippen LogP contribution in [0, 0.1) is 0 Å².